The summed E-state index contributed by atoms with van der Waals surface area (Å²) in [5.41, 5.74) is 9.50. The van der Waals surface area contributed by atoms with Gasteiger partial charge in [-0.05, 0) is 32.6 Å². The van der Waals surface area contributed by atoms with E-state index in [4.69, 9.17) is 16.2 Å². The van der Waals surface area contributed by atoms with Gasteiger partial charge in [-0.25, -0.2) is 4.79 Å². The first-order valence-electron chi connectivity index (χ1n) is 8.34. The van der Waals surface area contributed by atoms with Crippen LogP contribution in [0, 0.1) is 11.3 Å². The van der Waals surface area contributed by atoms with Crippen LogP contribution >= 0.6 is 0 Å². The molecule has 26 heavy (non-hydrogen) atoms. The summed E-state index contributed by atoms with van der Waals surface area (Å²) in [6.07, 6.45) is -0.572. The number of amides is 2. The van der Waals surface area contributed by atoms with Crippen molar-refractivity contribution in [2.45, 2.75) is 72.1 Å². The highest BCUT2D eigenvalue weighted by Crippen LogP contribution is 2.29. The number of ether oxygens (including phenoxy) is 1. The predicted octanol–water partition coefficient (Wildman–Crippen LogP) is 0.153. The maximum absolute atomic E-state index is 12.3. The molecule has 6 N–H and O–H groups in total. The molecule has 0 saturated carbocycles. The highest BCUT2D eigenvalue weighted by atomic mass is 16.6. The minimum absolute atomic E-state index is 0.123. The second-order valence-electron chi connectivity index (χ2n) is 8.36. The van der Waals surface area contributed by atoms with Crippen molar-refractivity contribution >= 4 is 23.8 Å². The van der Waals surface area contributed by atoms with E-state index >= 15 is 0 Å². The Morgan fingerprint density at radius 1 is 1.08 bits per heavy atom. The molecule has 0 spiro atoms. The molecule has 3 atom stereocenters. The van der Waals surface area contributed by atoms with Crippen LogP contribution in [-0.4, -0.2) is 46.5 Å². The smallest absolute Gasteiger partial charge is 0.329 e. The highest BCUT2D eigenvalue weighted by molar-refractivity contribution is 5.91. The van der Waals surface area contributed by atoms with Crippen molar-refractivity contribution in [2.75, 3.05) is 0 Å². The number of carbonyl (C=O) groups is 4. The van der Waals surface area contributed by atoms with Crippen LogP contribution in [0.15, 0.2) is 0 Å². The molecule has 0 aliphatic carbocycles. The van der Waals surface area contributed by atoms with Crippen molar-refractivity contribution in [2.24, 2.45) is 22.8 Å². The zero-order valence-electron chi connectivity index (χ0n) is 16.3. The summed E-state index contributed by atoms with van der Waals surface area (Å²) in [4.78, 5) is 47.1. The van der Waals surface area contributed by atoms with E-state index < -0.39 is 59.2 Å². The third-order valence-corrected chi connectivity index (χ3v) is 3.58. The number of esters is 1. The molecular formula is C17H31N3O6. The fourth-order valence-electron chi connectivity index (χ4n) is 2.23. The molecule has 0 aliphatic heterocycles. The number of nitrogens with two attached hydrogens (primary N) is 2. The Labute approximate surface area is 153 Å². The maximum Gasteiger partial charge on any atom is 0.329 e. The summed E-state index contributed by atoms with van der Waals surface area (Å²) >= 11 is 0. The predicted molar refractivity (Wildman–Crippen MR) is 94.8 cm³/mol. The molecule has 9 heteroatoms. The fraction of sp³-hybridized carbons (Fsp3) is 0.765. The van der Waals surface area contributed by atoms with Crippen molar-refractivity contribution in [3.8, 4) is 0 Å². The Morgan fingerprint density at radius 3 is 1.92 bits per heavy atom. The van der Waals surface area contributed by atoms with Crippen molar-refractivity contribution in [3.63, 3.8) is 0 Å². The number of rotatable bonds is 8. The number of primary amides is 1. The minimum atomic E-state index is -1.29. The molecule has 0 aromatic rings. The van der Waals surface area contributed by atoms with Gasteiger partial charge in [-0.15, -0.1) is 0 Å². The summed E-state index contributed by atoms with van der Waals surface area (Å²) in [7, 11) is 0. The van der Waals surface area contributed by atoms with Gasteiger partial charge in [-0.1, -0.05) is 20.8 Å². The summed E-state index contributed by atoms with van der Waals surface area (Å²) in [6, 6.07) is -2.46. The van der Waals surface area contributed by atoms with Gasteiger partial charge in [0.25, 0.3) is 0 Å². The molecule has 0 aliphatic rings. The lowest BCUT2D eigenvalue weighted by atomic mass is 9.77. The molecule has 150 valence electrons. The topological polar surface area (TPSA) is 162 Å². The lowest BCUT2D eigenvalue weighted by Crippen LogP contribution is -2.52. The van der Waals surface area contributed by atoms with Crippen molar-refractivity contribution in [1.29, 1.82) is 0 Å². The minimum Gasteiger partial charge on any atom is -0.481 e. The summed E-state index contributed by atoms with van der Waals surface area (Å²) < 4.78 is 5.16. The second kappa shape index (κ2) is 8.98. The van der Waals surface area contributed by atoms with Gasteiger partial charge in [-0.3, -0.25) is 14.4 Å². The van der Waals surface area contributed by atoms with Crippen LogP contribution in [0.1, 0.15) is 54.4 Å². The number of aliphatic carboxylic acids is 1. The Balaban J connectivity index is 5.15. The Bertz CT molecular complexity index is 548. The molecule has 0 saturated heterocycles. The average molecular weight is 373 g/mol. The third-order valence-electron chi connectivity index (χ3n) is 3.58. The van der Waals surface area contributed by atoms with Crippen LogP contribution in [0.5, 0.6) is 0 Å². The van der Waals surface area contributed by atoms with Crippen LogP contribution in [0.2, 0.25) is 0 Å². The molecule has 0 heterocycles. The number of hydrogen-bond acceptors (Lipinski definition) is 6. The van der Waals surface area contributed by atoms with E-state index in [0.717, 1.165) is 0 Å². The second-order valence-corrected chi connectivity index (χ2v) is 8.36. The lowest BCUT2D eigenvalue weighted by Gasteiger charge is -2.29. The van der Waals surface area contributed by atoms with E-state index in [2.05, 4.69) is 5.32 Å². The van der Waals surface area contributed by atoms with E-state index in [1.807, 2.05) is 0 Å². The first kappa shape index (κ1) is 23.8. The monoisotopic (exact) mass is 373 g/mol. The first-order valence-corrected chi connectivity index (χ1v) is 8.34. The van der Waals surface area contributed by atoms with Gasteiger partial charge in [0.05, 0.1) is 18.4 Å². The number of hydrogen-bond donors (Lipinski definition) is 4. The van der Waals surface area contributed by atoms with Crippen LogP contribution in [0.25, 0.3) is 0 Å². The van der Waals surface area contributed by atoms with E-state index in [1.54, 1.807) is 41.5 Å². The third kappa shape index (κ3) is 8.80. The van der Waals surface area contributed by atoms with Gasteiger partial charge in [0, 0.05) is 0 Å². The molecule has 0 aromatic heterocycles. The molecule has 0 rings (SSSR count). The Morgan fingerprint density at radius 2 is 1.58 bits per heavy atom. The van der Waals surface area contributed by atoms with E-state index in [9.17, 15) is 24.3 Å². The number of carboxylic acid groups (broad SMARTS) is 1. The van der Waals surface area contributed by atoms with Crippen LogP contribution in [0.4, 0.5) is 0 Å². The summed E-state index contributed by atoms with van der Waals surface area (Å²) in [6.45, 7) is 10.1. The highest BCUT2D eigenvalue weighted by Gasteiger charge is 2.36. The SMILES string of the molecule is CC(C)(C)OC(=O)[C@H](CC(N)=O)NC(=O)[C@@H](N)CC(C(=O)O)C(C)(C)C. The largest absolute Gasteiger partial charge is 0.481 e. The number of nitrogens with one attached hydrogen (secondary N) is 1. The van der Waals surface area contributed by atoms with E-state index in [-0.39, 0.29) is 6.42 Å². The van der Waals surface area contributed by atoms with Gasteiger partial charge in [0.15, 0.2) is 0 Å². The summed E-state index contributed by atoms with van der Waals surface area (Å²) in [5.74, 6) is -4.30. The number of carboxylic acids is 1. The number of carbonyl (C=O) groups excluding carboxylic acids is 3. The molecule has 1 unspecified atom stereocenters. The Hall–Kier alpha value is -2.16. The standard InChI is InChI=1S/C17H31N3O6/c1-16(2,3)9(14(23)24)7-10(18)13(22)20-11(8-12(19)21)15(25)26-17(4,5)6/h9-11H,7-8,18H2,1-6H3,(H2,19,21)(H,20,22)(H,23,24)/t9?,10-,11-/m0/s1. The molecular weight excluding hydrogens is 342 g/mol. The van der Waals surface area contributed by atoms with Crippen molar-refractivity contribution < 1.29 is 29.0 Å². The van der Waals surface area contributed by atoms with Crippen molar-refractivity contribution in [3.05, 3.63) is 0 Å². The van der Waals surface area contributed by atoms with E-state index in [0.29, 0.717) is 0 Å². The van der Waals surface area contributed by atoms with Gasteiger partial charge in [0.1, 0.15) is 11.6 Å². The molecule has 0 bridgehead atoms. The Kier molecular flexibility index (Phi) is 8.23. The van der Waals surface area contributed by atoms with Crippen LogP contribution in [0.3, 0.4) is 0 Å². The lowest BCUT2D eigenvalue weighted by molar-refractivity contribution is -0.159. The van der Waals surface area contributed by atoms with Gasteiger partial charge in [0.2, 0.25) is 11.8 Å². The van der Waals surface area contributed by atoms with E-state index in [1.165, 1.54) is 0 Å². The van der Waals surface area contributed by atoms with Gasteiger partial charge >= 0.3 is 11.9 Å². The average Bonchev–Trinajstić information content (AvgIpc) is 2.39. The van der Waals surface area contributed by atoms with Gasteiger partial charge in [-0.2, -0.15) is 0 Å². The van der Waals surface area contributed by atoms with Crippen LogP contribution in [-0.2, 0) is 23.9 Å². The fourth-order valence-corrected chi connectivity index (χ4v) is 2.23. The van der Waals surface area contributed by atoms with Crippen LogP contribution < -0.4 is 16.8 Å². The molecule has 2 amide bonds. The normalized spacial score (nSPS) is 15.5. The summed E-state index contributed by atoms with van der Waals surface area (Å²) in [5, 5.41) is 11.7. The first-order chi connectivity index (χ1) is 11.5. The van der Waals surface area contributed by atoms with Gasteiger partial charge < -0.3 is 26.6 Å². The molecule has 0 fully saturated rings. The van der Waals surface area contributed by atoms with Crippen molar-refractivity contribution in [1.82, 2.24) is 5.32 Å². The quantitative estimate of drug-likeness (QED) is 0.440. The zero-order chi connectivity index (χ0) is 20.9. The molecule has 0 radical (unpaired) electrons. The molecule has 9 nitrogen and oxygen atoms in total. The molecule has 0 aromatic carbocycles. The zero-order valence-corrected chi connectivity index (χ0v) is 16.3. The maximum atomic E-state index is 12.3.